The van der Waals surface area contributed by atoms with Gasteiger partial charge in [0.25, 0.3) is 5.56 Å². The van der Waals surface area contributed by atoms with Gasteiger partial charge in [-0.1, -0.05) is 11.6 Å². The van der Waals surface area contributed by atoms with Gasteiger partial charge in [-0.05, 0) is 37.3 Å². The Kier molecular flexibility index (Phi) is 4.76. The fourth-order valence-electron chi connectivity index (χ4n) is 3.40. The molecule has 0 atom stereocenters. The highest BCUT2D eigenvalue weighted by atomic mass is 35.5. The van der Waals surface area contributed by atoms with Crippen molar-refractivity contribution in [2.45, 2.75) is 26.4 Å². The predicted octanol–water partition coefficient (Wildman–Crippen LogP) is 3.56. The van der Waals surface area contributed by atoms with Crippen molar-refractivity contribution in [2.75, 3.05) is 13.7 Å². The monoisotopic (exact) mass is 385 g/mol. The van der Waals surface area contributed by atoms with E-state index in [2.05, 4.69) is 14.9 Å². The summed E-state index contributed by atoms with van der Waals surface area (Å²) in [7, 11) is 1.59. The largest absolute Gasteiger partial charge is 0.495 e. The molecule has 3 heterocycles. The molecule has 0 spiro atoms. The first kappa shape index (κ1) is 17.8. The minimum atomic E-state index is -0.0461. The van der Waals surface area contributed by atoms with Gasteiger partial charge in [0.05, 0.1) is 29.9 Å². The van der Waals surface area contributed by atoms with Crippen molar-refractivity contribution < 1.29 is 9.15 Å². The fourth-order valence-corrected chi connectivity index (χ4v) is 3.66. The molecule has 0 unspecified atom stereocenters. The van der Waals surface area contributed by atoms with Crippen LogP contribution in [0.3, 0.4) is 0 Å². The van der Waals surface area contributed by atoms with Crippen molar-refractivity contribution in [1.29, 1.82) is 0 Å². The van der Waals surface area contributed by atoms with Gasteiger partial charge in [-0.2, -0.15) is 0 Å². The Morgan fingerprint density at radius 2 is 2.19 bits per heavy atom. The highest BCUT2D eigenvalue weighted by molar-refractivity contribution is 6.32. The first-order chi connectivity index (χ1) is 13.0. The van der Waals surface area contributed by atoms with Crippen LogP contribution in [-0.2, 0) is 19.5 Å². The van der Waals surface area contributed by atoms with Crippen LogP contribution in [0.15, 0.2) is 39.5 Å². The molecule has 6 nitrogen and oxygen atoms in total. The van der Waals surface area contributed by atoms with Crippen molar-refractivity contribution >= 4 is 11.6 Å². The number of rotatable bonds is 4. The number of hydrogen-bond donors (Lipinski definition) is 1. The third-order valence-corrected chi connectivity index (χ3v) is 5.04. The van der Waals surface area contributed by atoms with E-state index in [4.69, 9.17) is 20.8 Å². The number of aryl methyl sites for hydroxylation is 1. The van der Waals surface area contributed by atoms with E-state index in [1.807, 2.05) is 37.3 Å². The number of hydrogen-bond acceptors (Lipinski definition) is 5. The molecule has 1 aromatic carbocycles. The van der Waals surface area contributed by atoms with E-state index < -0.39 is 0 Å². The lowest BCUT2D eigenvalue weighted by Crippen LogP contribution is -2.35. The number of methoxy groups -OCH3 is 1. The molecule has 4 rings (SSSR count). The molecule has 7 heteroatoms. The molecule has 0 amide bonds. The summed E-state index contributed by atoms with van der Waals surface area (Å²) in [4.78, 5) is 21.6. The lowest BCUT2D eigenvalue weighted by molar-refractivity contribution is 0.223. The van der Waals surface area contributed by atoms with Crippen LogP contribution < -0.4 is 10.3 Å². The van der Waals surface area contributed by atoms with E-state index in [0.717, 1.165) is 41.3 Å². The summed E-state index contributed by atoms with van der Waals surface area (Å²) in [5.41, 5.74) is 2.50. The first-order valence-corrected chi connectivity index (χ1v) is 9.15. The average molecular weight is 386 g/mol. The van der Waals surface area contributed by atoms with E-state index in [9.17, 15) is 4.79 Å². The highest BCUT2D eigenvalue weighted by Crippen LogP contribution is 2.31. The number of H-pyrrole nitrogens is 1. The molecule has 2 aromatic heterocycles. The molecule has 1 aliphatic rings. The van der Waals surface area contributed by atoms with Gasteiger partial charge in [-0.15, -0.1) is 0 Å². The maximum atomic E-state index is 12.2. The topological polar surface area (TPSA) is 71.4 Å². The third kappa shape index (κ3) is 3.63. The number of aromatic nitrogens is 2. The molecular formula is C20H20ClN3O3. The Bertz CT molecular complexity index is 1040. The van der Waals surface area contributed by atoms with Gasteiger partial charge < -0.3 is 14.1 Å². The van der Waals surface area contributed by atoms with Crippen molar-refractivity contribution in [3.8, 4) is 17.1 Å². The molecule has 1 N–H and O–H groups in total. The van der Waals surface area contributed by atoms with Crippen LogP contribution in [0, 0.1) is 6.92 Å². The van der Waals surface area contributed by atoms with Gasteiger partial charge in [0.1, 0.15) is 23.1 Å². The smallest absolute Gasteiger partial charge is 0.255 e. The zero-order chi connectivity index (χ0) is 19.0. The summed E-state index contributed by atoms with van der Waals surface area (Å²) in [5.74, 6) is 2.90. The molecule has 0 saturated heterocycles. The minimum absolute atomic E-state index is 0.0461. The number of benzene rings is 1. The SMILES string of the molecule is COc1ccc(-c2ccc(CN3CCc4nc(C)[nH]c(=O)c4C3)o2)cc1Cl. The fraction of sp³-hybridized carbons (Fsp3) is 0.300. The second kappa shape index (κ2) is 7.21. The van der Waals surface area contributed by atoms with E-state index in [1.54, 1.807) is 7.11 Å². The lowest BCUT2D eigenvalue weighted by Gasteiger charge is -2.26. The van der Waals surface area contributed by atoms with Gasteiger partial charge in [0.15, 0.2) is 0 Å². The quantitative estimate of drug-likeness (QED) is 0.743. The normalized spacial score (nSPS) is 14.2. The maximum absolute atomic E-state index is 12.2. The van der Waals surface area contributed by atoms with Crippen LogP contribution in [0.5, 0.6) is 5.75 Å². The number of nitrogens with zero attached hydrogens (tertiary/aromatic N) is 2. The molecule has 1 aliphatic heterocycles. The molecular weight excluding hydrogens is 366 g/mol. The highest BCUT2D eigenvalue weighted by Gasteiger charge is 2.21. The van der Waals surface area contributed by atoms with E-state index in [0.29, 0.717) is 29.7 Å². The van der Waals surface area contributed by atoms with Crippen LogP contribution in [0.1, 0.15) is 22.8 Å². The molecule has 0 saturated carbocycles. The number of nitrogens with one attached hydrogen (secondary N) is 1. The van der Waals surface area contributed by atoms with Gasteiger partial charge >= 0.3 is 0 Å². The summed E-state index contributed by atoms with van der Waals surface area (Å²) in [5, 5.41) is 0.544. The Morgan fingerprint density at radius 1 is 1.33 bits per heavy atom. The average Bonchev–Trinajstić information content (AvgIpc) is 3.10. The van der Waals surface area contributed by atoms with Gasteiger partial charge in [0, 0.05) is 25.1 Å². The second-order valence-corrected chi connectivity index (χ2v) is 7.06. The molecule has 0 bridgehead atoms. The summed E-state index contributed by atoms with van der Waals surface area (Å²) in [6.07, 6.45) is 0.766. The third-order valence-electron chi connectivity index (χ3n) is 4.74. The number of ether oxygens (including phenoxy) is 1. The molecule has 27 heavy (non-hydrogen) atoms. The minimum Gasteiger partial charge on any atom is -0.495 e. The van der Waals surface area contributed by atoms with Gasteiger partial charge in [0.2, 0.25) is 0 Å². The van der Waals surface area contributed by atoms with Gasteiger partial charge in [-0.3, -0.25) is 9.69 Å². The lowest BCUT2D eigenvalue weighted by atomic mass is 10.1. The number of halogens is 1. The Morgan fingerprint density at radius 3 is 2.96 bits per heavy atom. The standard InChI is InChI=1S/C20H20ClN3O3/c1-12-22-17-7-8-24(11-15(17)20(25)23-12)10-14-4-6-18(27-14)13-3-5-19(26-2)16(21)9-13/h3-6,9H,7-8,10-11H2,1-2H3,(H,22,23,25). The van der Waals surface area contributed by atoms with Crippen molar-refractivity contribution in [3.05, 3.63) is 68.6 Å². The Hall–Kier alpha value is -2.57. The molecule has 3 aromatic rings. The summed E-state index contributed by atoms with van der Waals surface area (Å²) >= 11 is 6.20. The van der Waals surface area contributed by atoms with E-state index in [-0.39, 0.29) is 5.56 Å². The van der Waals surface area contributed by atoms with Crippen LogP contribution in [0.4, 0.5) is 0 Å². The predicted molar refractivity (Wildman–Crippen MR) is 103 cm³/mol. The number of aromatic amines is 1. The van der Waals surface area contributed by atoms with Crippen molar-refractivity contribution in [1.82, 2.24) is 14.9 Å². The number of furan rings is 1. The Balaban J connectivity index is 1.50. The zero-order valence-corrected chi connectivity index (χ0v) is 16.0. The van der Waals surface area contributed by atoms with Crippen molar-refractivity contribution in [2.24, 2.45) is 0 Å². The second-order valence-electron chi connectivity index (χ2n) is 6.65. The van der Waals surface area contributed by atoms with E-state index in [1.165, 1.54) is 0 Å². The molecule has 0 radical (unpaired) electrons. The summed E-state index contributed by atoms with van der Waals surface area (Å²) in [6.45, 7) is 3.86. The number of fused-ring (bicyclic) bond motifs is 1. The molecule has 0 aliphatic carbocycles. The van der Waals surface area contributed by atoms with Crippen molar-refractivity contribution in [3.63, 3.8) is 0 Å². The zero-order valence-electron chi connectivity index (χ0n) is 15.2. The van der Waals surface area contributed by atoms with Crippen LogP contribution in [-0.4, -0.2) is 28.5 Å². The van der Waals surface area contributed by atoms with Crippen LogP contribution >= 0.6 is 11.6 Å². The Labute approximate surface area is 161 Å². The summed E-state index contributed by atoms with van der Waals surface area (Å²) < 4.78 is 11.2. The van der Waals surface area contributed by atoms with Crippen LogP contribution in [0.2, 0.25) is 5.02 Å². The molecule has 140 valence electrons. The molecule has 0 fully saturated rings. The summed E-state index contributed by atoms with van der Waals surface area (Å²) in [6, 6.07) is 9.46. The van der Waals surface area contributed by atoms with E-state index >= 15 is 0 Å². The maximum Gasteiger partial charge on any atom is 0.255 e. The van der Waals surface area contributed by atoms with Gasteiger partial charge in [-0.25, -0.2) is 4.98 Å². The first-order valence-electron chi connectivity index (χ1n) is 8.77. The van der Waals surface area contributed by atoms with Crippen LogP contribution in [0.25, 0.3) is 11.3 Å².